The first-order valence-corrected chi connectivity index (χ1v) is 16.9. The number of ether oxygens (including phenoxy) is 3. The lowest BCUT2D eigenvalue weighted by molar-refractivity contribution is 0.0898. The Morgan fingerprint density at radius 2 is 1.87 bits per heavy atom. The molecule has 3 heterocycles. The summed E-state index contributed by atoms with van der Waals surface area (Å²) < 4.78 is 49.8. The summed E-state index contributed by atoms with van der Waals surface area (Å²) in [6.07, 6.45) is 3.80. The van der Waals surface area contributed by atoms with E-state index in [1.165, 1.54) is 12.1 Å². The molecule has 0 radical (unpaired) electrons. The third-order valence-corrected chi connectivity index (χ3v) is 8.24. The van der Waals surface area contributed by atoms with Gasteiger partial charge >= 0.3 is 0 Å². The number of nitrogens with zero attached hydrogens (tertiary/aromatic N) is 3. The predicted molar refractivity (Wildman–Crippen MR) is 150 cm³/mol. The number of aromatic nitrogens is 2. The second-order valence-corrected chi connectivity index (χ2v) is 18.0. The average Bonchev–Trinajstić information content (AvgIpc) is 3.20. The monoisotopic (exact) mass is 543 g/mol. The van der Waals surface area contributed by atoms with Crippen molar-refractivity contribution in [3.05, 3.63) is 53.4 Å². The van der Waals surface area contributed by atoms with E-state index in [-0.39, 0.29) is 17.8 Å². The zero-order valence-electron chi connectivity index (χ0n) is 23.5. The van der Waals surface area contributed by atoms with Crippen LogP contribution in [0, 0.1) is 17.0 Å². The van der Waals surface area contributed by atoms with Crippen LogP contribution in [0.2, 0.25) is 25.7 Å². The van der Waals surface area contributed by atoms with Gasteiger partial charge in [-0.05, 0) is 41.3 Å². The van der Waals surface area contributed by atoms with Crippen molar-refractivity contribution in [3.8, 4) is 11.5 Å². The van der Waals surface area contributed by atoms with Crippen LogP contribution in [-0.2, 0) is 22.6 Å². The van der Waals surface area contributed by atoms with Crippen LogP contribution >= 0.6 is 0 Å². The van der Waals surface area contributed by atoms with Crippen molar-refractivity contribution < 1.29 is 23.0 Å². The van der Waals surface area contributed by atoms with Crippen molar-refractivity contribution in [2.24, 2.45) is 10.4 Å². The zero-order chi connectivity index (χ0) is 27.7. The molecule has 0 fully saturated rings. The Bertz CT molecular complexity index is 1310. The molecule has 0 N–H and O–H groups in total. The molecule has 0 atom stereocenters. The van der Waals surface area contributed by atoms with Crippen molar-refractivity contribution >= 4 is 25.0 Å². The minimum Gasteiger partial charge on any atom is -0.480 e. The summed E-state index contributed by atoms with van der Waals surface area (Å²) in [5.41, 5.74) is 2.04. The van der Waals surface area contributed by atoms with Crippen molar-refractivity contribution in [2.75, 3.05) is 19.8 Å². The normalized spacial score (nSPS) is 15.6. The van der Waals surface area contributed by atoms with Gasteiger partial charge in [0.1, 0.15) is 18.1 Å². The standard InChI is InChI=1S/C29H39F2N3O3Si/c1-19(2)21-15-34(18-35-10-11-38(5,6)7)28-26(21)24(8-9-32-28)37-27-22(30)12-20(13-23(27)31)14-25-33-16-29(3,4)17-36-25/h8-9,12-13,15,19H,10-11,14,16-18H2,1-7H3. The predicted octanol–water partition coefficient (Wildman–Crippen LogP) is 7.54. The van der Waals surface area contributed by atoms with E-state index in [1.54, 1.807) is 12.3 Å². The highest BCUT2D eigenvalue weighted by atomic mass is 28.3. The maximum atomic E-state index is 15.2. The van der Waals surface area contributed by atoms with E-state index in [0.717, 1.165) is 17.0 Å². The molecule has 38 heavy (non-hydrogen) atoms. The molecule has 0 saturated carbocycles. The SMILES string of the molecule is CC(C)c1cn(COCC[Si](C)(C)C)c2nccc(Oc3c(F)cc(CC4=NCC(C)(C)CO4)cc3F)c12. The summed E-state index contributed by atoms with van der Waals surface area (Å²) in [6.45, 7) is 17.4. The van der Waals surface area contributed by atoms with Crippen LogP contribution in [0.4, 0.5) is 8.78 Å². The molecule has 6 nitrogen and oxygen atoms in total. The maximum absolute atomic E-state index is 15.2. The smallest absolute Gasteiger partial charge is 0.198 e. The Morgan fingerprint density at radius 3 is 2.47 bits per heavy atom. The van der Waals surface area contributed by atoms with E-state index in [0.29, 0.717) is 49.3 Å². The molecular formula is C29H39F2N3O3Si. The maximum Gasteiger partial charge on any atom is 0.198 e. The highest BCUT2D eigenvalue weighted by Gasteiger charge is 2.25. The number of fused-ring (bicyclic) bond motifs is 1. The zero-order valence-corrected chi connectivity index (χ0v) is 24.5. The fraction of sp³-hybridized carbons (Fsp3) is 0.517. The largest absolute Gasteiger partial charge is 0.480 e. The molecule has 0 aliphatic carbocycles. The Kier molecular flexibility index (Phi) is 8.28. The van der Waals surface area contributed by atoms with Gasteiger partial charge in [-0.3, -0.25) is 4.99 Å². The van der Waals surface area contributed by atoms with Crippen LogP contribution < -0.4 is 4.74 Å². The van der Waals surface area contributed by atoms with Crippen molar-refractivity contribution in [1.82, 2.24) is 9.55 Å². The molecule has 1 aliphatic rings. The molecule has 0 saturated heterocycles. The number of hydrogen-bond donors (Lipinski definition) is 0. The topological polar surface area (TPSA) is 57.9 Å². The van der Waals surface area contributed by atoms with E-state index < -0.39 is 25.5 Å². The minimum absolute atomic E-state index is 0.0402. The molecule has 3 aromatic rings. The van der Waals surface area contributed by atoms with Gasteiger partial charge in [-0.25, -0.2) is 13.8 Å². The second kappa shape index (κ2) is 11.1. The highest BCUT2D eigenvalue weighted by Crippen LogP contribution is 2.38. The molecule has 1 aromatic carbocycles. The van der Waals surface area contributed by atoms with E-state index in [1.807, 2.05) is 10.8 Å². The fourth-order valence-corrected chi connectivity index (χ4v) is 5.01. The second-order valence-electron chi connectivity index (χ2n) is 12.4. The molecule has 206 valence electrons. The van der Waals surface area contributed by atoms with Gasteiger partial charge in [0.2, 0.25) is 0 Å². The van der Waals surface area contributed by atoms with Gasteiger partial charge in [-0.2, -0.15) is 0 Å². The van der Waals surface area contributed by atoms with Crippen molar-refractivity contribution in [1.29, 1.82) is 0 Å². The third kappa shape index (κ3) is 6.80. The molecule has 4 rings (SSSR count). The summed E-state index contributed by atoms with van der Waals surface area (Å²) in [5.74, 6) is -1.01. The van der Waals surface area contributed by atoms with E-state index in [2.05, 4.69) is 57.3 Å². The molecule has 0 amide bonds. The van der Waals surface area contributed by atoms with Crippen LogP contribution in [0.15, 0.2) is 35.6 Å². The van der Waals surface area contributed by atoms with Gasteiger partial charge in [-0.1, -0.05) is 47.3 Å². The highest BCUT2D eigenvalue weighted by molar-refractivity contribution is 6.76. The first-order chi connectivity index (χ1) is 17.8. The molecule has 9 heteroatoms. The minimum atomic E-state index is -1.20. The lowest BCUT2D eigenvalue weighted by Gasteiger charge is -2.28. The first-order valence-electron chi connectivity index (χ1n) is 13.2. The van der Waals surface area contributed by atoms with E-state index in [9.17, 15) is 0 Å². The Morgan fingerprint density at radius 1 is 1.16 bits per heavy atom. The van der Waals surface area contributed by atoms with Crippen LogP contribution in [0.25, 0.3) is 11.0 Å². The van der Waals surface area contributed by atoms with Gasteiger partial charge in [-0.15, -0.1) is 0 Å². The third-order valence-electron chi connectivity index (χ3n) is 6.54. The number of rotatable bonds is 10. The number of pyridine rings is 1. The van der Waals surface area contributed by atoms with Gasteiger partial charge in [0, 0.05) is 38.9 Å². The van der Waals surface area contributed by atoms with E-state index in [4.69, 9.17) is 14.2 Å². The number of aliphatic imine (C=N–C) groups is 1. The first kappa shape index (κ1) is 28.2. The number of halogens is 2. The molecule has 0 spiro atoms. The van der Waals surface area contributed by atoms with E-state index >= 15 is 8.78 Å². The summed E-state index contributed by atoms with van der Waals surface area (Å²) in [7, 11) is -1.20. The van der Waals surface area contributed by atoms with Gasteiger partial charge < -0.3 is 18.8 Å². The summed E-state index contributed by atoms with van der Waals surface area (Å²) in [6, 6.07) is 5.27. The van der Waals surface area contributed by atoms with Crippen LogP contribution in [-0.4, -0.2) is 43.3 Å². The summed E-state index contributed by atoms with van der Waals surface area (Å²) >= 11 is 0. The van der Waals surface area contributed by atoms with Gasteiger partial charge in [0.25, 0.3) is 0 Å². The Balaban J connectivity index is 1.58. The Labute approximate surface area is 225 Å². The fourth-order valence-electron chi connectivity index (χ4n) is 4.25. The molecule has 1 aliphatic heterocycles. The van der Waals surface area contributed by atoms with Crippen LogP contribution in [0.3, 0.4) is 0 Å². The lowest BCUT2D eigenvalue weighted by atomic mass is 9.94. The molecular weight excluding hydrogens is 504 g/mol. The molecule has 2 aromatic heterocycles. The molecule has 0 unspecified atom stereocenters. The van der Waals surface area contributed by atoms with Crippen LogP contribution in [0.5, 0.6) is 11.5 Å². The quantitative estimate of drug-likeness (QED) is 0.196. The van der Waals surface area contributed by atoms with Crippen molar-refractivity contribution in [3.63, 3.8) is 0 Å². The van der Waals surface area contributed by atoms with Gasteiger partial charge in [0.15, 0.2) is 23.3 Å². The number of hydrogen-bond acceptors (Lipinski definition) is 5. The summed E-state index contributed by atoms with van der Waals surface area (Å²) in [5, 5.41) is 0.728. The number of benzene rings is 1. The average molecular weight is 544 g/mol. The summed E-state index contributed by atoms with van der Waals surface area (Å²) in [4.78, 5) is 8.97. The molecule has 0 bridgehead atoms. The lowest BCUT2D eigenvalue weighted by Crippen LogP contribution is -2.31. The van der Waals surface area contributed by atoms with Crippen LogP contribution in [0.1, 0.15) is 44.7 Å². The van der Waals surface area contributed by atoms with Gasteiger partial charge in [0.05, 0.1) is 18.5 Å². The Hall–Kier alpha value is -2.78. The van der Waals surface area contributed by atoms with Crippen molar-refractivity contribution in [2.45, 2.75) is 72.4 Å².